The third-order valence-corrected chi connectivity index (χ3v) is 6.65. The first-order valence-corrected chi connectivity index (χ1v) is 9.05. The van der Waals surface area contributed by atoms with E-state index in [1.54, 1.807) is 10.4 Å². The zero-order valence-corrected chi connectivity index (χ0v) is 14.1. The Hall–Kier alpha value is -0.100. The number of hydrogen-bond donors (Lipinski definition) is 0. The van der Waals surface area contributed by atoms with Gasteiger partial charge in [-0.25, -0.2) is 8.42 Å². The Labute approximate surface area is 128 Å². The number of rotatable bonds is 5. The largest absolute Gasteiger partial charge is 0.243 e. The minimum atomic E-state index is -3.43. The normalized spacial score (nSPS) is 16.1. The van der Waals surface area contributed by atoms with Crippen LogP contribution in [0.15, 0.2) is 21.5 Å². The van der Waals surface area contributed by atoms with Crippen LogP contribution in [0.25, 0.3) is 0 Å². The van der Waals surface area contributed by atoms with Crippen LogP contribution in [0.5, 0.6) is 0 Å². The molecule has 0 aliphatic heterocycles. The molecule has 3 nitrogen and oxygen atoms in total. The molecule has 0 bridgehead atoms. The minimum absolute atomic E-state index is 0.174. The summed E-state index contributed by atoms with van der Waals surface area (Å²) >= 11 is 9.24. The second kappa shape index (κ2) is 5.72. The van der Waals surface area contributed by atoms with Gasteiger partial charge >= 0.3 is 0 Å². The van der Waals surface area contributed by atoms with E-state index in [-0.39, 0.29) is 6.04 Å². The Bertz CT molecular complexity index is 585. The standard InChI is InChI=1S/C13H17BrClNO2S/c1-3-16(11-4-5-11)19(17,18)13-7-10(8-15)6-12(14)9(13)2/h6-7,11H,3-5,8H2,1-2H3. The molecule has 106 valence electrons. The van der Waals surface area contributed by atoms with Crippen molar-refractivity contribution in [2.45, 2.75) is 43.5 Å². The number of alkyl halides is 1. The van der Waals surface area contributed by atoms with E-state index in [4.69, 9.17) is 11.6 Å². The fourth-order valence-corrected chi connectivity index (χ4v) is 4.95. The number of sulfonamides is 1. The van der Waals surface area contributed by atoms with Crippen LogP contribution in [0.2, 0.25) is 0 Å². The fraction of sp³-hybridized carbons (Fsp3) is 0.538. The average molecular weight is 367 g/mol. The maximum Gasteiger partial charge on any atom is 0.243 e. The molecule has 0 saturated heterocycles. The topological polar surface area (TPSA) is 37.4 Å². The molecular formula is C13H17BrClNO2S. The van der Waals surface area contributed by atoms with E-state index >= 15 is 0 Å². The van der Waals surface area contributed by atoms with Crippen molar-refractivity contribution in [3.8, 4) is 0 Å². The lowest BCUT2D eigenvalue weighted by atomic mass is 10.2. The number of hydrogen-bond acceptors (Lipinski definition) is 2. The molecule has 1 aromatic rings. The van der Waals surface area contributed by atoms with E-state index in [1.807, 2.05) is 19.9 Å². The Kier molecular flexibility index (Phi) is 4.60. The lowest BCUT2D eigenvalue weighted by Gasteiger charge is -2.22. The lowest BCUT2D eigenvalue weighted by molar-refractivity contribution is 0.420. The second-order valence-corrected chi connectivity index (χ2v) is 7.75. The number of nitrogens with zero attached hydrogens (tertiary/aromatic N) is 1. The molecule has 1 aliphatic carbocycles. The molecule has 1 aromatic carbocycles. The van der Waals surface area contributed by atoms with E-state index in [0.29, 0.717) is 17.3 Å². The molecule has 1 saturated carbocycles. The molecule has 0 radical (unpaired) electrons. The smallest absolute Gasteiger partial charge is 0.207 e. The molecule has 0 amide bonds. The number of benzene rings is 1. The molecule has 1 fully saturated rings. The van der Waals surface area contributed by atoms with Gasteiger partial charge in [-0.1, -0.05) is 22.9 Å². The predicted octanol–water partition coefficient (Wildman–Crippen LogP) is 3.67. The molecule has 1 aliphatic rings. The summed E-state index contributed by atoms with van der Waals surface area (Å²) in [4.78, 5) is 0.367. The van der Waals surface area contributed by atoms with Gasteiger partial charge in [-0.05, 0) is 43.0 Å². The molecule has 0 aromatic heterocycles. The molecule has 0 unspecified atom stereocenters. The second-order valence-electron chi connectivity index (χ2n) is 4.77. The van der Waals surface area contributed by atoms with Crippen LogP contribution in [0.1, 0.15) is 30.9 Å². The maximum absolute atomic E-state index is 12.7. The summed E-state index contributed by atoms with van der Waals surface area (Å²) < 4.78 is 27.9. The molecule has 0 heterocycles. The Balaban J connectivity index is 2.53. The van der Waals surface area contributed by atoms with Gasteiger partial charge in [0.05, 0.1) is 4.90 Å². The minimum Gasteiger partial charge on any atom is -0.207 e. The monoisotopic (exact) mass is 365 g/mol. The SMILES string of the molecule is CCN(C1CC1)S(=O)(=O)c1cc(CCl)cc(Br)c1C. The maximum atomic E-state index is 12.7. The average Bonchev–Trinajstić information content (AvgIpc) is 3.17. The summed E-state index contributed by atoms with van der Waals surface area (Å²) in [6.45, 7) is 4.20. The third kappa shape index (κ3) is 2.99. The van der Waals surface area contributed by atoms with Crippen LogP contribution in [0.4, 0.5) is 0 Å². The highest BCUT2D eigenvalue weighted by Gasteiger charge is 2.37. The van der Waals surface area contributed by atoms with E-state index in [1.165, 1.54) is 0 Å². The third-order valence-electron chi connectivity index (χ3n) is 3.36. The summed E-state index contributed by atoms with van der Waals surface area (Å²) in [6, 6.07) is 3.73. The van der Waals surface area contributed by atoms with Gasteiger partial charge in [0.25, 0.3) is 0 Å². The quantitative estimate of drug-likeness (QED) is 0.746. The van der Waals surface area contributed by atoms with Gasteiger partial charge in [-0.15, -0.1) is 11.6 Å². The number of halogens is 2. The zero-order valence-electron chi connectivity index (χ0n) is 11.0. The van der Waals surface area contributed by atoms with Gasteiger partial charge in [0.2, 0.25) is 10.0 Å². The van der Waals surface area contributed by atoms with Crippen LogP contribution >= 0.6 is 27.5 Å². The summed E-state index contributed by atoms with van der Waals surface area (Å²) in [5.74, 6) is 0.303. The molecular weight excluding hydrogens is 350 g/mol. The van der Waals surface area contributed by atoms with Crippen molar-refractivity contribution in [2.75, 3.05) is 6.54 Å². The molecule has 0 N–H and O–H groups in total. The Morgan fingerprint density at radius 1 is 1.42 bits per heavy atom. The van der Waals surface area contributed by atoms with E-state index in [0.717, 1.165) is 28.4 Å². The summed E-state index contributed by atoms with van der Waals surface area (Å²) in [5, 5.41) is 0. The van der Waals surface area contributed by atoms with Crippen molar-refractivity contribution in [2.24, 2.45) is 0 Å². The molecule has 0 spiro atoms. The highest BCUT2D eigenvalue weighted by molar-refractivity contribution is 9.10. The van der Waals surface area contributed by atoms with Crippen molar-refractivity contribution < 1.29 is 8.42 Å². The van der Waals surface area contributed by atoms with Crippen LogP contribution in [-0.4, -0.2) is 25.3 Å². The van der Waals surface area contributed by atoms with Crippen molar-refractivity contribution >= 4 is 37.6 Å². The van der Waals surface area contributed by atoms with Crippen LogP contribution in [-0.2, 0) is 15.9 Å². The van der Waals surface area contributed by atoms with E-state index < -0.39 is 10.0 Å². The van der Waals surface area contributed by atoms with E-state index in [2.05, 4.69) is 15.9 Å². The zero-order chi connectivity index (χ0) is 14.2. The first-order chi connectivity index (χ1) is 8.91. The van der Waals surface area contributed by atoms with Gasteiger partial charge in [0.1, 0.15) is 0 Å². The molecule has 19 heavy (non-hydrogen) atoms. The van der Waals surface area contributed by atoms with Gasteiger partial charge in [0, 0.05) is 22.9 Å². The Morgan fingerprint density at radius 3 is 2.53 bits per heavy atom. The van der Waals surface area contributed by atoms with E-state index in [9.17, 15) is 8.42 Å². The van der Waals surface area contributed by atoms with Crippen molar-refractivity contribution in [3.63, 3.8) is 0 Å². The van der Waals surface area contributed by atoms with Gasteiger partial charge in [-0.2, -0.15) is 4.31 Å². The van der Waals surface area contributed by atoms with Gasteiger partial charge in [-0.3, -0.25) is 0 Å². The van der Waals surface area contributed by atoms with Gasteiger partial charge < -0.3 is 0 Å². The van der Waals surface area contributed by atoms with Crippen LogP contribution in [0.3, 0.4) is 0 Å². The first kappa shape index (κ1) is 15.3. The Morgan fingerprint density at radius 2 is 2.05 bits per heavy atom. The highest BCUT2D eigenvalue weighted by Crippen LogP contribution is 2.34. The van der Waals surface area contributed by atoms with Crippen molar-refractivity contribution in [1.82, 2.24) is 4.31 Å². The van der Waals surface area contributed by atoms with Crippen LogP contribution < -0.4 is 0 Å². The molecule has 2 rings (SSSR count). The molecule has 0 atom stereocenters. The highest BCUT2D eigenvalue weighted by atomic mass is 79.9. The first-order valence-electron chi connectivity index (χ1n) is 6.28. The van der Waals surface area contributed by atoms with Crippen LogP contribution in [0, 0.1) is 6.92 Å². The fourth-order valence-electron chi connectivity index (χ4n) is 2.17. The predicted molar refractivity (Wildman–Crippen MR) is 81.0 cm³/mol. The van der Waals surface area contributed by atoms with Crippen molar-refractivity contribution in [1.29, 1.82) is 0 Å². The summed E-state index contributed by atoms with van der Waals surface area (Å²) in [6.07, 6.45) is 1.92. The summed E-state index contributed by atoms with van der Waals surface area (Å²) in [7, 11) is -3.43. The van der Waals surface area contributed by atoms with Crippen molar-refractivity contribution in [3.05, 3.63) is 27.7 Å². The van der Waals surface area contributed by atoms with Gasteiger partial charge in [0.15, 0.2) is 0 Å². The summed E-state index contributed by atoms with van der Waals surface area (Å²) in [5.41, 5.74) is 1.55. The molecule has 6 heteroatoms. The lowest BCUT2D eigenvalue weighted by Crippen LogP contribution is -2.33.